The molecule has 3 nitrogen and oxygen atoms in total. The van der Waals surface area contributed by atoms with Gasteiger partial charge in [-0.15, -0.1) is 16.1 Å². The fraction of sp³-hybridized carbons (Fsp3) is 0.312. The van der Waals surface area contributed by atoms with E-state index in [2.05, 4.69) is 20.7 Å². The molecule has 0 amide bonds. The highest BCUT2D eigenvalue weighted by Gasteiger charge is 2.33. The van der Waals surface area contributed by atoms with E-state index in [0.717, 1.165) is 11.3 Å². The molecule has 1 N–H and O–H groups in total. The fourth-order valence-corrected chi connectivity index (χ4v) is 4.45. The number of carbonyl (C=O) groups is 1. The number of thiophene rings is 1. The molecule has 1 aromatic heterocycles. The highest BCUT2D eigenvalue weighted by molar-refractivity contribution is 9.10. The minimum absolute atomic E-state index is 0.257. The molecule has 1 aromatic carbocycles. The van der Waals surface area contributed by atoms with Gasteiger partial charge in [0.1, 0.15) is 16.6 Å². The quantitative estimate of drug-likeness (QED) is 0.497. The molecule has 0 fully saturated rings. The van der Waals surface area contributed by atoms with Crippen LogP contribution in [0, 0.1) is 5.82 Å². The van der Waals surface area contributed by atoms with Crippen LogP contribution in [0.5, 0.6) is 0 Å². The molecule has 0 saturated heterocycles. The van der Waals surface area contributed by atoms with E-state index in [1.807, 2.05) is 20.8 Å². The third-order valence-corrected chi connectivity index (χ3v) is 6.86. The highest BCUT2D eigenvalue weighted by Crippen LogP contribution is 2.37. The molecule has 2 rings (SSSR count). The highest BCUT2D eigenvalue weighted by atomic mass is 79.9. The normalized spacial score (nSPS) is 14.5. The first-order valence-corrected chi connectivity index (χ1v) is 10.1. The van der Waals surface area contributed by atoms with Crippen molar-refractivity contribution in [2.24, 2.45) is 0 Å². The van der Waals surface area contributed by atoms with Gasteiger partial charge in [0.05, 0.1) is 13.7 Å². The SMILES string of the molecule is CC(C)(C)[S+]([O-])NC(c1cc(Cl)sc1C=O)c1cccc(F)c1Br. The van der Waals surface area contributed by atoms with Crippen LogP contribution in [0.3, 0.4) is 0 Å². The predicted octanol–water partition coefficient (Wildman–Crippen LogP) is 5.26. The molecule has 2 atom stereocenters. The van der Waals surface area contributed by atoms with Crippen molar-refractivity contribution < 1.29 is 13.7 Å². The van der Waals surface area contributed by atoms with E-state index < -0.39 is 28.0 Å². The van der Waals surface area contributed by atoms with E-state index >= 15 is 0 Å². The Bertz CT molecular complexity index is 748. The van der Waals surface area contributed by atoms with Crippen LogP contribution < -0.4 is 4.72 Å². The van der Waals surface area contributed by atoms with Crippen molar-refractivity contribution in [2.75, 3.05) is 0 Å². The molecule has 0 radical (unpaired) electrons. The van der Waals surface area contributed by atoms with Crippen LogP contribution in [0.2, 0.25) is 4.34 Å². The van der Waals surface area contributed by atoms with Crippen LogP contribution in [0.4, 0.5) is 4.39 Å². The number of hydrogen-bond acceptors (Lipinski definition) is 4. The molecular weight excluding hydrogens is 437 g/mol. The lowest BCUT2D eigenvalue weighted by atomic mass is 10.0. The Kier molecular flexibility index (Phi) is 6.50. The van der Waals surface area contributed by atoms with Crippen molar-refractivity contribution in [3.8, 4) is 0 Å². The van der Waals surface area contributed by atoms with E-state index in [-0.39, 0.29) is 4.47 Å². The van der Waals surface area contributed by atoms with Crippen molar-refractivity contribution >= 4 is 56.5 Å². The molecule has 2 aromatic rings. The number of carbonyl (C=O) groups excluding carboxylic acids is 1. The fourth-order valence-electron chi connectivity index (χ4n) is 2.03. The van der Waals surface area contributed by atoms with Gasteiger partial charge in [0.25, 0.3) is 0 Å². The summed E-state index contributed by atoms with van der Waals surface area (Å²) in [5, 5.41) is 0. The number of hydrogen-bond donors (Lipinski definition) is 1. The van der Waals surface area contributed by atoms with Gasteiger partial charge in [-0.3, -0.25) is 4.79 Å². The molecule has 0 aliphatic rings. The average molecular weight is 453 g/mol. The molecule has 2 unspecified atom stereocenters. The minimum atomic E-state index is -1.43. The summed E-state index contributed by atoms with van der Waals surface area (Å²) in [4.78, 5) is 11.8. The van der Waals surface area contributed by atoms with Crippen LogP contribution in [-0.2, 0) is 11.4 Å². The van der Waals surface area contributed by atoms with E-state index in [4.69, 9.17) is 11.6 Å². The summed E-state index contributed by atoms with van der Waals surface area (Å²) in [5.74, 6) is -0.435. The summed E-state index contributed by atoms with van der Waals surface area (Å²) in [6.45, 7) is 5.49. The Morgan fingerprint density at radius 2 is 2.08 bits per heavy atom. The van der Waals surface area contributed by atoms with Crippen molar-refractivity contribution in [2.45, 2.75) is 31.6 Å². The largest absolute Gasteiger partial charge is 0.598 e. The second-order valence-corrected chi connectivity index (χ2v) is 10.6. The molecule has 0 aliphatic heterocycles. The minimum Gasteiger partial charge on any atom is -0.598 e. The first-order valence-electron chi connectivity index (χ1n) is 7.01. The van der Waals surface area contributed by atoms with Gasteiger partial charge in [0.2, 0.25) is 0 Å². The first kappa shape index (κ1) is 19.9. The molecule has 0 bridgehead atoms. The zero-order valence-electron chi connectivity index (χ0n) is 13.2. The van der Waals surface area contributed by atoms with E-state index in [1.54, 1.807) is 18.2 Å². The number of benzene rings is 1. The molecule has 24 heavy (non-hydrogen) atoms. The number of aldehydes is 1. The van der Waals surface area contributed by atoms with Crippen LogP contribution in [0.25, 0.3) is 0 Å². The third kappa shape index (κ3) is 4.39. The van der Waals surface area contributed by atoms with Gasteiger partial charge >= 0.3 is 0 Å². The van der Waals surface area contributed by atoms with Crippen LogP contribution in [0.15, 0.2) is 28.7 Å². The van der Waals surface area contributed by atoms with Gasteiger partial charge in [0.15, 0.2) is 6.29 Å². The van der Waals surface area contributed by atoms with E-state index in [1.165, 1.54) is 6.07 Å². The van der Waals surface area contributed by atoms with Crippen molar-refractivity contribution in [3.05, 3.63) is 54.9 Å². The number of rotatable bonds is 5. The van der Waals surface area contributed by atoms with Crippen LogP contribution in [0.1, 0.15) is 47.6 Å². The van der Waals surface area contributed by atoms with Gasteiger partial charge in [-0.1, -0.05) is 23.7 Å². The Morgan fingerprint density at radius 3 is 2.67 bits per heavy atom. The summed E-state index contributed by atoms with van der Waals surface area (Å²) in [6, 6.07) is 5.61. The average Bonchev–Trinajstić information content (AvgIpc) is 2.87. The van der Waals surface area contributed by atoms with Crippen molar-refractivity contribution in [1.82, 2.24) is 4.72 Å². The van der Waals surface area contributed by atoms with E-state index in [0.29, 0.717) is 26.6 Å². The molecule has 0 saturated carbocycles. The topological polar surface area (TPSA) is 52.2 Å². The summed E-state index contributed by atoms with van der Waals surface area (Å²) >= 11 is 8.98. The van der Waals surface area contributed by atoms with Gasteiger partial charge in [0, 0.05) is 16.9 Å². The summed E-state index contributed by atoms with van der Waals surface area (Å²) in [5.41, 5.74) is 1.12. The second kappa shape index (κ2) is 7.85. The lowest BCUT2D eigenvalue weighted by Gasteiger charge is -2.28. The lowest BCUT2D eigenvalue weighted by Crippen LogP contribution is -2.41. The monoisotopic (exact) mass is 451 g/mol. The van der Waals surface area contributed by atoms with Gasteiger partial charge in [-0.2, -0.15) is 0 Å². The van der Waals surface area contributed by atoms with Gasteiger partial charge < -0.3 is 4.55 Å². The Hall–Kier alpha value is -0.440. The van der Waals surface area contributed by atoms with Gasteiger partial charge in [-0.25, -0.2) is 4.39 Å². The Balaban J connectivity index is 2.57. The molecule has 1 heterocycles. The van der Waals surface area contributed by atoms with Crippen LogP contribution >= 0.6 is 38.9 Å². The molecule has 8 heteroatoms. The molecule has 130 valence electrons. The summed E-state index contributed by atoms with van der Waals surface area (Å²) < 4.78 is 29.7. The standard InChI is InChI=1S/C16H16BrClFNO2S2/c1-16(2,3)24(22)20-15(9-5-4-6-11(19)14(9)17)10-7-13(18)23-12(10)8-21/h4-8,15,20H,1-3H3. The maximum atomic E-state index is 14.0. The summed E-state index contributed by atoms with van der Waals surface area (Å²) in [6.07, 6.45) is 0.702. The number of halogens is 3. The Labute approximate surface area is 161 Å². The van der Waals surface area contributed by atoms with Crippen LogP contribution in [-0.4, -0.2) is 15.6 Å². The second-order valence-electron chi connectivity index (χ2n) is 6.06. The molecule has 0 aliphatic carbocycles. The third-order valence-electron chi connectivity index (χ3n) is 3.25. The van der Waals surface area contributed by atoms with Gasteiger partial charge in [-0.05, 0) is 54.4 Å². The number of nitrogens with one attached hydrogen (secondary N) is 1. The maximum absolute atomic E-state index is 14.0. The predicted molar refractivity (Wildman–Crippen MR) is 102 cm³/mol. The van der Waals surface area contributed by atoms with Crippen molar-refractivity contribution in [3.63, 3.8) is 0 Å². The smallest absolute Gasteiger partial charge is 0.160 e. The Morgan fingerprint density at radius 1 is 1.42 bits per heavy atom. The lowest BCUT2D eigenvalue weighted by molar-refractivity contribution is 0.112. The molecule has 0 spiro atoms. The summed E-state index contributed by atoms with van der Waals surface area (Å²) in [7, 11) is 0. The van der Waals surface area contributed by atoms with E-state index in [9.17, 15) is 13.7 Å². The first-order chi connectivity index (χ1) is 11.1. The van der Waals surface area contributed by atoms with Crippen molar-refractivity contribution in [1.29, 1.82) is 0 Å². The zero-order chi connectivity index (χ0) is 18.1. The molecular formula is C16H16BrClFNO2S2. The maximum Gasteiger partial charge on any atom is 0.160 e. The zero-order valence-corrected chi connectivity index (χ0v) is 17.2.